The van der Waals surface area contributed by atoms with Crippen LogP contribution in [0.3, 0.4) is 0 Å². The van der Waals surface area contributed by atoms with Crippen LogP contribution in [0, 0.1) is 5.82 Å². The van der Waals surface area contributed by atoms with Crippen LogP contribution in [0.15, 0.2) is 46.9 Å². The van der Waals surface area contributed by atoms with Crippen molar-refractivity contribution in [1.82, 2.24) is 0 Å². The van der Waals surface area contributed by atoms with E-state index in [0.717, 1.165) is 6.42 Å². The third-order valence-electron chi connectivity index (χ3n) is 3.81. The van der Waals surface area contributed by atoms with Crippen LogP contribution in [0.5, 0.6) is 0 Å². The van der Waals surface area contributed by atoms with Crippen molar-refractivity contribution < 1.29 is 9.50 Å². The molecule has 2 unspecified atom stereocenters. The van der Waals surface area contributed by atoms with Crippen LogP contribution in [0.1, 0.15) is 35.1 Å². The zero-order valence-corrected chi connectivity index (χ0v) is 11.9. The van der Waals surface area contributed by atoms with E-state index in [4.69, 9.17) is 0 Å². The lowest BCUT2D eigenvalue weighted by molar-refractivity contribution is 0.152. The van der Waals surface area contributed by atoms with Crippen LogP contribution in [0.25, 0.3) is 0 Å². The average molecular weight is 321 g/mol. The minimum atomic E-state index is -0.636. The van der Waals surface area contributed by atoms with E-state index >= 15 is 0 Å². The molecule has 98 valence electrons. The Labute approximate surface area is 120 Å². The summed E-state index contributed by atoms with van der Waals surface area (Å²) >= 11 is 3.21. The molecule has 2 atom stereocenters. The van der Waals surface area contributed by atoms with Gasteiger partial charge in [-0.3, -0.25) is 0 Å². The minimum absolute atomic E-state index is 0.328. The molecule has 2 aromatic carbocycles. The summed E-state index contributed by atoms with van der Waals surface area (Å²) in [5, 5.41) is 10.3. The molecular formula is C16H14BrFO. The quantitative estimate of drug-likeness (QED) is 0.891. The highest BCUT2D eigenvalue weighted by Crippen LogP contribution is 2.41. The van der Waals surface area contributed by atoms with Gasteiger partial charge in [-0.1, -0.05) is 36.4 Å². The fourth-order valence-corrected chi connectivity index (χ4v) is 3.28. The van der Waals surface area contributed by atoms with E-state index in [0.29, 0.717) is 22.4 Å². The number of fused-ring (bicyclic) bond motifs is 1. The van der Waals surface area contributed by atoms with Gasteiger partial charge in [0.2, 0.25) is 0 Å². The highest BCUT2D eigenvalue weighted by Gasteiger charge is 2.28. The fourth-order valence-electron chi connectivity index (χ4n) is 2.75. The van der Waals surface area contributed by atoms with E-state index in [1.807, 2.05) is 12.1 Å². The van der Waals surface area contributed by atoms with Gasteiger partial charge in [0.05, 0.1) is 10.6 Å². The molecule has 0 spiro atoms. The zero-order chi connectivity index (χ0) is 13.4. The summed E-state index contributed by atoms with van der Waals surface area (Å²) in [6.45, 7) is 0. The van der Waals surface area contributed by atoms with E-state index in [1.165, 1.54) is 17.2 Å². The highest BCUT2D eigenvalue weighted by molar-refractivity contribution is 9.10. The van der Waals surface area contributed by atoms with Gasteiger partial charge in [0.25, 0.3) is 0 Å². The summed E-state index contributed by atoms with van der Waals surface area (Å²) in [6.07, 6.45) is 1.00. The summed E-state index contributed by atoms with van der Waals surface area (Å²) in [7, 11) is 0. The Hall–Kier alpha value is -1.19. The predicted octanol–water partition coefficient (Wildman–Crippen LogP) is 4.35. The van der Waals surface area contributed by atoms with Crippen LogP contribution in [-0.4, -0.2) is 5.11 Å². The number of hydrogen-bond donors (Lipinski definition) is 1. The molecule has 1 aliphatic rings. The number of halogens is 2. The number of aliphatic hydroxyl groups excluding tert-OH is 1. The molecule has 0 radical (unpaired) electrons. The van der Waals surface area contributed by atoms with Crippen LogP contribution in [0.2, 0.25) is 0 Å². The molecule has 1 N–H and O–H groups in total. The summed E-state index contributed by atoms with van der Waals surface area (Å²) in [5.41, 5.74) is 3.30. The number of rotatable bonds is 3. The van der Waals surface area contributed by atoms with Crippen LogP contribution in [0.4, 0.5) is 4.39 Å². The van der Waals surface area contributed by atoms with Crippen molar-refractivity contribution in [3.63, 3.8) is 0 Å². The molecule has 0 aliphatic heterocycles. The first-order chi connectivity index (χ1) is 9.16. The summed E-state index contributed by atoms with van der Waals surface area (Å²) in [4.78, 5) is 0. The number of benzene rings is 2. The van der Waals surface area contributed by atoms with Crippen LogP contribution in [-0.2, 0) is 6.42 Å². The maximum atomic E-state index is 13.5. The predicted molar refractivity (Wildman–Crippen MR) is 76.6 cm³/mol. The largest absolute Gasteiger partial charge is 0.388 e. The van der Waals surface area contributed by atoms with Gasteiger partial charge in [0.15, 0.2) is 0 Å². The Kier molecular flexibility index (Phi) is 3.42. The van der Waals surface area contributed by atoms with E-state index in [9.17, 15) is 9.50 Å². The van der Waals surface area contributed by atoms with Gasteiger partial charge in [-0.25, -0.2) is 4.39 Å². The molecule has 0 amide bonds. The van der Waals surface area contributed by atoms with Crippen LogP contribution >= 0.6 is 15.9 Å². The fraction of sp³-hybridized carbons (Fsp3) is 0.250. The normalized spacial score (nSPS) is 18.6. The van der Waals surface area contributed by atoms with Gasteiger partial charge in [-0.05, 0) is 57.4 Å². The molecule has 0 bridgehead atoms. The Balaban J connectivity index is 1.77. The van der Waals surface area contributed by atoms with Gasteiger partial charge in [0.1, 0.15) is 5.82 Å². The van der Waals surface area contributed by atoms with Gasteiger partial charge < -0.3 is 5.11 Å². The van der Waals surface area contributed by atoms with Crippen molar-refractivity contribution in [3.05, 3.63) is 69.4 Å². The second kappa shape index (κ2) is 5.06. The monoisotopic (exact) mass is 320 g/mol. The lowest BCUT2D eigenvalue weighted by atomic mass is 9.74. The average Bonchev–Trinajstić information content (AvgIpc) is 2.39. The first-order valence-electron chi connectivity index (χ1n) is 6.36. The molecule has 0 saturated carbocycles. The smallest absolute Gasteiger partial charge is 0.137 e. The summed E-state index contributed by atoms with van der Waals surface area (Å²) < 4.78 is 13.8. The second-order valence-electron chi connectivity index (χ2n) is 4.99. The Morgan fingerprint density at radius 2 is 2.00 bits per heavy atom. The van der Waals surface area contributed by atoms with E-state index in [-0.39, 0.29) is 5.82 Å². The molecule has 0 aromatic heterocycles. The maximum absolute atomic E-state index is 13.5. The van der Waals surface area contributed by atoms with Gasteiger partial charge in [0, 0.05) is 0 Å². The van der Waals surface area contributed by atoms with Crippen molar-refractivity contribution in [2.75, 3.05) is 0 Å². The van der Waals surface area contributed by atoms with Crippen molar-refractivity contribution in [3.8, 4) is 0 Å². The molecule has 1 aliphatic carbocycles. The topological polar surface area (TPSA) is 20.2 Å². The number of hydrogen-bond acceptors (Lipinski definition) is 1. The number of aliphatic hydroxyl groups is 1. The van der Waals surface area contributed by atoms with Gasteiger partial charge >= 0.3 is 0 Å². The standard InChI is InChI=1S/C16H14BrFO/c17-16-13(6-3-7-14(16)18)15(19)9-11-8-10-4-1-2-5-12(10)11/h1-7,11,15,19H,8-9H2. The van der Waals surface area contributed by atoms with Crippen molar-refractivity contribution in [2.45, 2.75) is 24.9 Å². The highest BCUT2D eigenvalue weighted by atomic mass is 79.9. The second-order valence-corrected chi connectivity index (χ2v) is 5.79. The molecule has 0 fully saturated rings. The maximum Gasteiger partial charge on any atom is 0.137 e. The zero-order valence-electron chi connectivity index (χ0n) is 10.3. The lowest BCUT2D eigenvalue weighted by Gasteiger charge is -2.32. The van der Waals surface area contributed by atoms with Crippen molar-refractivity contribution >= 4 is 15.9 Å². The minimum Gasteiger partial charge on any atom is -0.388 e. The molecule has 2 aromatic rings. The molecule has 19 heavy (non-hydrogen) atoms. The summed E-state index contributed by atoms with van der Waals surface area (Å²) in [6, 6.07) is 13.1. The van der Waals surface area contributed by atoms with Crippen LogP contribution < -0.4 is 0 Å². The molecule has 3 heteroatoms. The van der Waals surface area contributed by atoms with E-state index < -0.39 is 6.10 Å². The van der Waals surface area contributed by atoms with E-state index in [2.05, 4.69) is 28.1 Å². The van der Waals surface area contributed by atoms with Crippen molar-refractivity contribution in [1.29, 1.82) is 0 Å². The third kappa shape index (κ3) is 2.33. The molecule has 1 nitrogen and oxygen atoms in total. The molecular weight excluding hydrogens is 307 g/mol. The first kappa shape index (κ1) is 12.8. The third-order valence-corrected chi connectivity index (χ3v) is 4.65. The molecule has 0 saturated heterocycles. The molecule has 0 heterocycles. The first-order valence-corrected chi connectivity index (χ1v) is 7.16. The van der Waals surface area contributed by atoms with Gasteiger partial charge in [-0.15, -0.1) is 0 Å². The van der Waals surface area contributed by atoms with Gasteiger partial charge in [-0.2, -0.15) is 0 Å². The Morgan fingerprint density at radius 3 is 2.79 bits per heavy atom. The lowest BCUT2D eigenvalue weighted by Crippen LogP contribution is -2.19. The molecule has 3 rings (SSSR count). The SMILES string of the molecule is OC(CC1Cc2ccccc21)c1cccc(F)c1Br. The Bertz CT molecular complexity index is 611. The summed E-state index contributed by atoms with van der Waals surface area (Å²) in [5.74, 6) is 0.0481. The Morgan fingerprint density at radius 1 is 1.21 bits per heavy atom. The van der Waals surface area contributed by atoms with Crippen molar-refractivity contribution in [2.24, 2.45) is 0 Å². The van der Waals surface area contributed by atoms with E-state index in [1.54, 1.807) is 12.1 Å².